The number of ether oxygens (including phenoxy) is 1. The van der Waals surface area contributed by atoms with Gasteiger partial charge < -0.3 is 9.94 Å². The molecular weight excluding hydrogens is 606 g/mol. The molecule has 11 nitrogen and oxygen atoms in total. The molecule has 1 N–H and O–H groups in total. The summed E-state index contributed by atoms with van der Waals surface area (Å²) in [5.74, 6) is -1.11. The maximum atomic E-state index is 15.4. The van der Waals surface area contributed by atoms with Crippen molar-refractivity contribution in [3.63, 3.8) is 0 Å². The summed E-state index contributed by atoms with van der Waals surface area (Å²) in [7, 11) is 1.28. The van der Waals surface area contributed by atoms with Gasteiger partial charge in [0.25, 0.3) is 0 Å². The lowest BCUT2D eigenvalue weighted by molar-refractivity contribution is -0.615. The predicted molar refractivity (Wildman–Crippen MR) is 160 cm³/mol. The SMILES string of the molecule is COC(=O)Nc1ccc(-c2cnn(C(Cc3ccc(F)cc3)c3ccc(-c4c(-n5cnnn5)ccc(Cl)c4F)c[n+]3[O-])c2)cc1. The molecule has 0 spiro atoms. The molecule has 6 rings (SSSR count). The second kappa shape index (κ2) is 12.5. The Morgan fingerprint density at radius 1 is 1.02 bits per heavy atom. The largest absolute Gasteiger partial charge is 0.618 e. The first-order chi connectivity index (χ1) is 21.8. The first-order valence-electron chi connectivity index (χ1n) is 13.5. The Kier molecular flexibility index (Phi) is 8.16. The summed E-state index contributed by atoms with van der Waals surface area (Å²) in [5.41, 5.74) is 3.79. The second-order valence-electron chi connectivity index (χ2n) is 9.93. The first kappa shape index (κ1) is 29.4. The highest BCUT2D eigenvalue weighted by Gasteiger charge is 2.26. The normalized spacial score (nSPS) is 11.7. The van der Waals surface area contributed by atoms with E-state index in [4.69, 9.17) is 11.6 Å². The zero-order valence-corrected chi connectivity index (χ0v) is 24.3. The van der Waals surface area contributed by atoms with E-state index in [0.717, 1.165) is 16.7 Å². The van der Waals surface area contributed by atoms with Gasteiger partial charge in [-0.15, -0.1) is 5.10 Å². The number of amides is 1. The van der Waals surface area contributed by atoms with E-state index in [1.165, 1.54) is 42.5 Å². The van der Waals surface area contributed by atoms with Gasteiger partial charge in [0, 0.05) is 29.9 Å². The van der Waals surface area contributed by atoms with Crippen LogP contribution in [0.3, 0.4) is 0 Å². The molecule has 1 amide bonds. The molecule has 226 valence electrons. The number of rotatable bonds is 8. The number of carbonyl (C=O) groups excluding carboxylic acids is 1. The number of hydrogen-bond donors (Lipinski definition) is 1. The van der Waals surface area contributed by atoms with Crippen molar-refractivity contribution in [2.75, 3.05) is 12.4 Å². The van der Waals surface area contributed by atoms with E-state index in [-0.39, 0.29) is 22.0 Å². The van der Waals surface area contributed by atoms with E-state index in [1.807, 2.05) is 12.1 Å². The molecule has 0 aliphatic carbocycles. The van der Waals surface area contributed by atoms with Crippen LogP contribution in [0.2, 0.25) is 5.02 Å². The van der Waals surface area contributed by atoms with Crippen molar-refractivity contribution >= 4 is 23.4 Å². The van der Waals surface area contributed by atoms with E-state index in [0.29, 0.717) is 28.2 Å². The van der Waals surface area contributed by atoms with Crippen LogP contribution in [0.4, 0.5) is 19.3 Å². The van der Waals surface area contributed by atoms with Crippen molar-refractivity contribution in [2.45, 2.75) is 12.5 Å². The minimum atomic E-state index is -0.732. The van der Waals surface area contributed by atoms with Gasteiger partial charge in [0.2, 0.25) is 5.69 Å². The van der Waals surface area contributed by atoms with Crippen LogP contribution in [-0.4, -0.2) is 43.2 Å². The maximum absolute atomic E-state index is 15.4. The number of benzene rings is 3. The molecule has 45 heavy (non-hydrogen) atoms. The molecule has 3 aromatic carbocycles. The lowest BCUT2D eigenvalue weighted by Gasteiger charge is -2.18. The molecule has 3 aromatic heterocycles. The third-order valence-corrected chi connectivity index (χ3v) is 7.45. The van der Waals surface area contributed by atoms with E-state index >= 15 is 4.39 Å². The van der Waals surface area contributed by atoms with Crippen molar-refractivity contribution < 1.29 is 23.0 Å². The number of anilines is 1. The number of nitrogens with zero attached hydrogens (tertiary/aromatic N) is 7. The zero-order chi connectivity index (χ0) is 31.5. The van der Waals surface area contributed by atoms with Crippen LogP contribution in [0.15, 0.2) is 97.7 Å². The standard InChI is InChI=1S/C31H23ClF2N8O3/c1-45-31(43)37-24-9-4-20(5-10-24)22-15-36-40(16-22)28(14-19-2-7-23(33)8-3-19)26-12-6-21(17-42(26)44)29-27(41-18-35-38-39-41)13-11-25(32)30(29)34/h2-13,15-18,28H,14H2,1H3,(H,37,43). The summed E-state index contributed by atoms with van der Waals surface area (Å²) < 4.78 is 37.3. The average molecular weight is 629 g/mol. The summed E-state index contributed by atoms with van der Waals surface area (Å²) in [6, 6.07) is 18.6. The number of methoxy groups -OCH3 is 1. The van der Waals surface area contributed by atoms with Crippen LogP contribution in [-0.2, 0) is 11.2 Å². The molecule has 0 radical (unpaired) electrons. The molecule has 1 unspecified atom stereocenters. The highest BCUT2D eigenvalue weighted by molar-refractivity contribution is 6.31. The molecule has 6 aromatic rings. The average Bonchev–Trinajstić information content (AvgIpc) is 3.76. The summed E-state index contributed by atoms with van der Waals surface area (Å²) in [5, 5.41) is 31.8. The summed E-state index contributed by atoms with van der Waals surface area (Å²) in [6.07, 6.45) is 5.73. The molecular formula is C31H23ClF2N8O3. The van der Waals surface area contributed by atoms with Gasteiger partial charge in [0.15, 0.2) is 12.0 Å². The summed E-state index contributed by atoms with van der Waals surface area (Å²) >= 11 is 6.11. The number of tetrazole rings is 1. The fourth-order valence-corrected chi connectivity index (χ4v) is 5.08. The Hall–Kier alpha value is -5.69. The number of halogens is 3. The summed E-state index contributed by atoms with van der Waals surface area (Å²) in [4.78, 5) is 11.5. The number of pyridine rings is 1. The minimum absolute atomic E-state index is 0.0487. The van der Waals surface area contributed by atoms with E-state index < -0.39 is 18.0 Å². The lowest BCUT2D eigenvalue weighted by atomic mass is 10.00. The molecule has 0 saturated heterocycles. The Morgan fingerprint density at radius 2 is 1.78 bits per heavy atom. The molecule has 3 heterocycles. The highest BCUT2D eigenvalue weighted by Crippen LogP contribution is 2.34. The maximum Gasteiger partial charge on any atom is 0.411 e. The fraction of sp³-hybridized carbons (Fsp3) is 0.0968. The minimum Gasteiger partial charge on any atom is -0.618 e. The van der Waals surface area contributed by atoms with Crippen LogP contribution in [0.5, 0.6) is 0 Å². The Bertz CT molecular complexity index is 1970. The lowest BCUT2D eigenvalue weighted by Crippen LogP contribution is -2.36. The van der Waals surface area contributed by atoms with Crippen molar-refractivity contribution in [3.8, 4) is 27.9 Å². The number of aromatic nitrogens is 7. The van der Waals surface area contributed by atoms with Gasteiger partial charge in [0.05, 0.1) is 35.1 Å². The zero-order valence-electron chi connectivity index (χ0n) is 23.5. The quantitative estimate of drug-likeness (QED) is 0.168. The smallest absolute Gasteiger partial charge is 0.411 e. The number of nitrogens with one attached hydrogen (secondary N) is 1. The molecule has 0 bridgehead atoms. The second-order valence-corrected chi connectivity index (χ2v) is 10.3. The fourth-order valence-electron chi connectivity index (χ4n) is 4.93. The van der Waals surface area contributed by atoms with Crippen molar-refractivity contribution in [1.29, 1.82) is 0 Å². The Balaban J connectivity index is 1.38. The Morgan fingerprint density at radius 3 is 2.47 bits per heavy atom. The molecule has 14 heteroatoms. The number of carbonyl (C=O) groups is 1. The van der Waals surface area contributed by atoms with Gasteiger partial charge in [-0.2, -0.15) is 14.5 Å². The highest BCUT2D eigenvalue weighted by atomic mass is 35.5. The topological polar surface area (TPSA) is 127 Å². The van der Waals surface area contributed by atoms with Crippen LogP contribution in [0.1, 0.15) is 17.3 Å². The molecule has 1 atom stereocenters. The van der Waals surface area contributed by atoms with Crippen LogP contribution >= 0.6 is 11.6 Å². The van der Waals surface area contributed by atoms with Crippen molar-refractivity contribution in [1.82, 2.24) is 30.0 Å². The van der Waals surface area contributed by atoms with Crippen molar-refractivity contribution in [3.05, 3.63) is 131 Å². The first-order valence-corrected chi connectivity index (χ1v) is 13.9. The van der Waals surface area contributed by atoms with Gasteiger partial charge in [-0.1, -0.05) is 35.9 Å². The monoisotopic (exact) mass is 628 g/mol. The van der Waals surface area contributed by atoms with Crippen LogP contribution < -0.4 is 10.0 Å². The van der Waals surface area contributed by atoms with E-state index in [2.05, 4.69) is 30.7 Å². The third kappa shape index (κ3) is 6.19. The van der Waals surface area contributed by atoms with Gasteiger partial charge >= 0.3 is 6.09 Å². The van der Waals surface area contributed by atoms with Gasteiger partial charge in [-0.25, -0.2) is 13.6 Å². The van der Waals surface area contributed by atoms with Gasteiger partial charge in [-0.3, -0.25) is 10.00 Å². The van der Waals surface area contributed by atoms with Gasteiger partial charge in [0.1, 0.15) is 18.2 Å². The van der Waals surface area contributed by atoms with E-state index in [1.54, 1.807) is 59.5 Å². The van der Waals surface area contributed by atoms with Crippen LogP contribution in [0.25, 0.3) is 27.9 Å². The van der Waals surface area contributed by atoms with Gasteiger partial charge in [-0.05, 0) is 64.0 Å². The molecule has 0 aliphatic rings. The molecule has 0 fully saturated rings. The molecule has 0 aliphatic heterocycles. The summed E-state index contributed by atoms with van der Waals surface area (Å²) in [6.45, 7) is 0. The van der Waals surface area contributed by atoms with E-state index in [9.17, 15) is 14.4 Å². The Labute approximate surface area is 259 Å². The third-order valence-electron chi connectivity index (χ3n) is 7.16. The van der Waals surface area contributed by atoms with Crippen LogP contribution in [0, 0.1) is 16.8 Å². The van der Waals surface area contributed by atoms with Crippen molar-refractivity contribution in [2.24, 2.45) is 0 Å². The number of hydrogen-bond acceptors (Lipinski definition) is 7. The predicted octanol–water partition coefficient (Wildman–Crippen LogP) is 5.77. The molecule has 0 saturated carbocycles.